The average molecular weight is 408 g/mol. The number of aromatic nitrogens is 1. The van der Waals surface area contributed by atoms with Crippen LogP contribution in [0, 0.1) is 12.8 Å². The van der Waals surface area contributed by atoms with Crippen LogP contribution in [0.2, 0.25) is 0 Å². The fourth-order valence-corrected chi connectivity index (χ4v) is 3.60. The van der Waals surface area contributed by atoms with Gasteiger partial charge in [0.05, 0.1) is 11.2 Å². The van der Waals surface area contributed by atoms with Gasteiger partial charge in [0, 0.05) is 23.0 Å². The van der Waals surface area contributed by atoms with Gasteiger partial charge in [-0.3, -0.25) is 9.78 Å². The lowest BCUT2D eigenvalue weighted by molar-refractivity contribution is -0.120. The van der Waals surface area contributed by atoms with Gasteiger partial charge in [-0.2, -0.15) is 0 Å². The van der Waals surface area contributed by atoms with Crippen LogP contribution in [0.25, 0.3) is 10.9 Å². The normalized spacial score (nSPS) is 18.9. The van der Waals surface area contributed by atoms with Gasteiger partial charge in [0.15, 0.2) is 0 Å². The van der Waals surface area contributed by atoms with E-state index in [4.69, 9.17) is 0 Å². The number of rotatable bonds is 6. The summed E-state index contributed by atoms with van der Waals surface area (Å²) < 4.78 is 0. The lowest BCUT2D eigenvalue weighted by Crippen LogP contribution is -3.00. The molecular formula is C21H27Cl2N3O-2. The van der Waals surface area contributed by atoms with E-state index in [0.717, 1.165) is 60.9 Å². The Kier molecular flexibility index (Phi) is 9.78. The number of aryl methyl sites for hydroxylation is 1. The highest BCUT2D eigenvalue weighted by Crippen LogP contribution is 2.28. The molecule has 1 heterocycles. The molecule has 0 unspecified atom stereocenters. The molecule has 2 aromatic rings. The highest BCUT2D eigenvalue weighted by atomic mass is 35.5. The van der Waals surface area contributed by atoms with Gasteiger partial charge in [0.25, 0.3) is 0 Å². The first-order chi connectivity index (χ1) is 12.2. The quantitative estimate of drug-likeness (QED) is 0.439. The van der Waals surface area contributed by atoms with E-state index in [-0.39, 0.29) is 36.6 Å². The number of nitrogens with zero attached hydrogens (tertiary/aromatic N) is 1. The number of amides is 1. The van der Waals surface area contributed by atoms with Crippen molar-refractivity contribution in [2.75, 3.05) is 11.9 Å². The molecule has 0 spiro atoms. The van der Waals surface area contributed by atoms with E-state index in [0.29, 0.717) is 6.04 Å². The molecule has 1 aromatic heterocycles. The van der Waals surface area contributed by atoms with Crippen molar-refractivity contribution in [2.24, 2.45) is 5.92 Å². The summed E-state index contributed by atoms with van der Waals surface area (Å²) in [7, 11) is 0. The average Bonchev–Trinajstić information content (AvgIpc) is 2.62. The zero-order chi connectivity index (χ0) is 17.6. The van der Waals surface area contributed by atoms with Gasteiger partial charge in [-0.25, -0.2) is 0 Å². The lowest BCUT2D eigenvalue weighted by atomic mass is 9.85. The second-order valence-electron chi connectivity index (χ2n) is 6.90. The predicted molar refractivity (Wildman–Crippen MR) is 104 cm³/mol. The molecule has 1 aliphatic carbocycles. The summed E-state index contributed by atoms with van der Waals surface area (Å²) >= 11 is 0. The first-order valence-corrected chi connectivity index (χ1v) is 9.19. The van der Waals surface area contributed by atoms with Gasteiger partial charge in [-0.1, -0.05) is 24.3 Å². The largest absolute Gasteiger partial charge is 1.00 e. The van der Waals surface area contributed by atoms with Crippen molar-refractivity contribution >= 4 is 22.5 Å². The van der Waals surface area contributed by atoms with Gasteiger partial charge in [0.1, 0.15) is 0 Å². The number of nitrogens with one attached hydrogen (secondary N) is 2. The highest BCUT2D eigenvalue weighted by Gasteiger charge is 2.26. The Bertz CT molecular complexity index is 758. The van der Waals surface area contributed by atoms with E-state index in [1.165, 1.54) is 0 Å². The standard InChI is InChI=1S/C21H27N3O.2ClH/c1-3-4-13-22-17-11-9-16(10-12-17)21(25)24-20-14-15(2)23-19-8-6-5-7-18(19)20;;/h3,5-8,14,16-17,22H,1,4,9-13H2,2H3,(H,23,24,25);2*1H/p-2. The molecule has 0 bridgehead atoms. The number of benzene rings is 1. The van der Waals surface area contributed by atoms with Crippen molar-refractivity contribution in [2.45, 2.75) is 45.1 Å². The number of para-hydroxylation sites is 1. The van der Waals surface area contributed by atoms with E-state index < -0.39 is 0 Å². The SMILES string of the molecule is C=CCCNC1CCC(C(=O)Nc2cc(C)nc3ccccc23)CC1.[Cl-].[Cl-]. The first-order valence-electron chi connectivity index (χ1n) is 9.19. The minimum atomic E-state index is 0. The molecule has 0 atom stereocenters. The third kappa shape index (κ3) is 6.20. The Morgan fingerprint density at radius 2 is 1.93 bits per heavy atom. The van der Waals surface area contributed by atoms with Crippen LogP contribution in [0.5, 0.6) is 0 Å². The third-order valence-corrected chi connectivity index (χ3v) is 4.98. The molecule has 2 N–H and O–H groups in total. The third-order valence-electron chi connectivity index (χ3n) is 4.98. The zero-order valence-corrected chi connectivity index (χ0v) is 17.2. The van der Waals surface area contributed by atoms with Gasteiger partial charge in [-0.15, -0.1) is 6.58 Å². The van der Waals surface area contributed by atoms with Crippen molar-refractivity contribution in [1.82, 2.24) is 10.3 Å². The summed E-state index contributed by atoms with van der Waals surface area (Å²) in [4.78, 5) is 17.3. The number of anilines is 1. The summed E-state index contributed by atoms with van der Waals surface area (Å²) in [5, 5.41) is 7.70. The van der Waals surface area contributed by atoms with E-state index in [1.807, 2.05) is 43.3 Å². The summed E-state index contributed by atoms with van der Waals surface area (Å²) in [5.41, 5.74) is 2.72. The monoisotopic (exact) mass is 407 g/mol. The molecule has 1 aliphatic rings. The fourth-order valence-electron chi connectivity index (χ4n) is 3.60. The molecule has 0 saturated heterocycles. The Labute approximate surface area is 174 Å². The van der Waals surface area contributed by atoms with Crippen LogP contribution in [0.3, 0.4) is 0 Å². The molecule has 1 fully saturated rings. The second kappa shape index (κ2) is 11.3. The van der Waals surface area contributed by atoms with E-state index in [9.17, 15) is 4.79 Å². The van der Waals surface area contributed by atoms with E-state index >= 15 is 0 Å². The molecule has 3 rings (SSSR count). The molecule has 1 aromatic carbocycles. The lowest BCUT2D eigenvalue weighted by Gasteiger charge is -2.28. The van der Waals surface area contributed by atoms with Gasteiger partial charge in [0.2, 0.25) is 5.91 Å². The molecule has 4 nitrogen and oxygen atoms in total. The van der Waals surface area contributed by atoms with Crippen LogP contribution in [0.4, 0.5) is 5.69 Å². The molecule has 27 heavy (non-hydrogen) atoms. The topological polar surface area (TPSA) is 54.0 Å². The van der Waals surface area contributed by atoms with Gasteiger partial charge in [-0.05, 0) is 57.7 Å². The zero-order valence-electron chi connectivity index (χ0n) is 15.7. The number of pyridine rings is 1. The molecule has 0 radical (unpaired) electrons. The maximum absolute atomic E-state index is 12.7. The highest BCUT2D eigenvalue weighted by molar-refractivity contribution is 6.01. The number of hydrogen-bond donors (Lipinski definition) is 2. The molecule has 1 amide bonds. The van der Waals surface area contributed by atoms with Crippen molar-refractivity contribution < 1.29 is 29.6 Å². The maximum atomic E-state index is 12.7. The molecule has 6 heteroatoms. The van der Waals surface area contributed by atoms with Crippen LogP contribution in [-0.2, 0) is 4.79 Å². The van der Waals surface area contributed by atoms with Crippen LogP contribution in [-0.4, -0.2) is 23.5 Å². The summed E-state index contributed by atoms with van der Waals surface area (Å²) in [5.74, 6) is 0.241. The Morgan fingerprint density at radius 3 is 2.63 bits per heavy atom. The van der Waals surface area contributed by atoms with E-state index in [2.05, 4.69) is 22.2 Å². The molecule has 1 saturated carbocycles. The van der Waals surface area contributed by atoms with Gasteiger partial charge >= 0.3 is 0 Å². The summed E-state index contributed by atoms with van der Waals surface area (Å²) in [6, 6.07) is 10.4. The van der Waals surface area contributed by atoms with Crippen LogP contribution >= 0.6 is 0 Å². The summed E-state index contributed by atoms with van der Waals surface area (Å²) in [6.07, 6.45) is 6.94. The smallest absolute Gasteiger partial charge is 0.227 e. The first kappa shape index (κ1) is 23.4. The number of carbonyl (C=O) groups excluding carboxylic acids is 1. The van der Waals surface area contributed by atoms with Crippen LogP contribution < -0.4 is 35.4 Å². The minimum absolute atomic E-state index is 0. The molecule has 148 valence electrons. The summed E-state index contributed by atoms with van der Waals surface area (Å²) in [6.45, 7) is 6.69. The van der Waals surface area contributed by atoms with Crippen molar-refractivity contribution in [1.29, 1.82) is 0 Å². The molecular weight excluding hydrogens is 381 g/mol. The Morgan fingerprint density at radius 1 is 1.22 bits per heavy atom. The number of fused-ring (bicyclic) bond motifs is 1. The second-order valence-corrected chi connectivity index (χ2v) is 6.90. The van der Waals surface area contributed by atoms with Gasteiger partial charge < -0.3 is 35.4 Å². The van der Waals surface area contributed by atoms with Crippen LogP contribution in [0.15, 0.2) is 43.0 Å². The van der Waals surface area contributed by atoms with Crippen molar-refractivity contribution in [3.8, 4) is 0 Å². The predicted octanol–water partition coefficient (Wildman–Crippen LogP) is -1.79. The minimum Gasteiger partial charge on any atom is -1.00 e. The number of carbonyl (C=O) groups is 1. The maximum Gasteiger partial charge on any atom is 0.227 e. The van der Waals surface area contributed by atoms with Crippen molar-refractivity contribution in [3.05, 3.63) is 48.7 Å². The molecule has 0 aliphatic heterocycles. The van der Waals surface area contributed by atoms with Crippen LogP contribution in [0.1, 0.15) is 37.8 Å². The number of halogens is 2. The van der Waals surface area contributed by atoms with Crippen molar-refractivity contribution in [3.63, 3.8) is 0 Å². The fraction of sp³-hybridized carbons (Fsp3) is 0.429. The Balaban J connectivity index is 0.00000182. The number of hydrogen-bond acceptors (Lipinski definition) is 3. The van der Waals surface area contributed by atoms with E-state index in [1.54, 1.807) is 0 Å². The Hall–Kier alpha value is -1.62.